The van der Waals surface area contributed by atoms with Crippen LogP contribution in [0.5, 0.6) is 0 Å². The Bertz CT molecular complexity index is 606. The molecule has 2 amide bonds. The van der Waals surface area contributed by atoms with E-state index in [1.807, 2.05) is 7.05 Å². The van der Waals surface area contributed by atoms with E-state index in [-0.39, 0.29) is 17.9 Å². The van der Waals surface area contributed by atoms with Gasteiger partial charge in [0, 0.05) is 6.04 Å². The Labute approximate surface area is 157 Å². The van der Waals surface area contributed by atoms with Crippen LogP contribution in [0.25, 0.3) is 0 Å². The molecule has 1 fully saturated rings. The predicted octanol–water partition coefficient (Wildman–Crippen LogP) is 1.42. The molecule has 5 heteroatoms. The van der Waals surface area contributed by atoms with Crippen molar-refractivity contribution in [3.63, 3.8) is 0 Å². The Hall–Kier alpha value is -1.88. The first kappa shape index (κ1) is 20.4. The summed E-state index contributed by atoms with van der Waals surface area (Å²) in [6.45, 7) is 9.20. The highest BCUT2D eigenvalue weighted by atomic mass is 16.2. The number of likely N-dealkylation sites (N-methyl/N-ethyl adjacent to an activating group) is 1. The Morgan fingerprint density at radius 3 is 2.04 bits per heavy atom. The van der Waals surface area contributed by atoms with Crippen LogP contribution >= 0.6 is 0 Å². The van der Waals surface area contributed by atoms with Gasteiger partial charge in [0.2, 0.25) is 0 Å². The molecule has 1 unspecified atom stereocenters. The molecule has 1 aromatic carbocycles. The summed E-state index contributed by atoms with van der Waals surface area (Å²) >= 11 is 0. The lowest BCUT2D eigenvalue weighted by atomic mass is 9.93. The summed E-state index contributed by atoms with van der Waals surface area (Å²) in [6, 6.07) is 8.85. The van der Waals surface area contributed by atoms with Crippen molar-refractivity contribution in [2.45, 2.75) is 58.5 Å². The van der Waals surface area contributed by atoms with Crippen molar-refractivity contribution < 1.29 is 14.5 Å². The maximum Gasteiger partial charge on any atom is 0.275 e. The zero-order valence-electron chi connectivity index (χ0n) is 16.8. The van der Waals surface area contributed by atoms with Gasteiger partial charge in [-0.15, -0.1) is 0 Å². The standard InChI is InChI=1S/C21H33N3O2/c1-14(2)16-6-8-17(9-7-16)21(15(3)4)23-20(26)13-24(5)12-19(25)22-18-10-11-18/h6-9,14-15,18,21H,10-13H2,1-5H3,(H,22,25)(H,23,26)/p+1/t21-/m0/s1. The lowest BCUT2D eigenvalue weighted by Gasteiger charge is -2.24. The van der Waals surface area contributed by atoms with Crippen molar-refractivity contribution in [3.8, 4) is 0 Å². The first-order valence-electron chi connectivity index (χ1n) is 9.76. The van der Waals surface area contributed by atoms with E-state index >= 15 is 0 Å². The molecule has 0 bridgehead atoms. The third-order valence-corrected chi connectivity index (χ3v) is 4.81. The Kier molecular flexibility index (Phi) is 7.21. The zero-order chi connectivity index (χ0) is 19.3. The van der Waals surface area contributed by atoms with Crippen LogP contribution in [0.2, 0.25) is 0 Å². The molecule has 0 aliphatic heterocycles. The maximum absolute atomic E-state index is 12.5. The van der Waals surface area contributed by atoms with E-state index < -0.39 is 0 Å². The fourth-order valence-electron chi connectivity index (χ4n) is 3.06. The fourth-order valence-corrected chi connectivity index (χ4v) is 3.06. The lowest BCUT2D eigenvalue weighted by Crippen LogP contribution is -3.11. The minimum absolute atomic E-state index is 0.0168. The number of quaternary nitrogens is 1. The van der Waals surface area contributed by atoms with E-state index in [1.54, 1.807) is 0 Å². The minimum Gasteiger partial charge on any atom is -0.348 e. The summed E-state index contributed by atoms with van der Waals surface area (Å²) in [5.74, 6) is 0.799. The summed E-state index contributed by atoms with van der Waals surface area (Å²) in [5, 5.41) is 6.11. The molecule has 0 aromatic heterocycles. The molecule has 1 aliphatic rings. The molecular weight excluding hydrogens is 326 g/mol. The second-order valence-electron chi connectivity index (χ2n) is 8.26. The first-order valence-corrected chi connectivity index (χ1v) is 9.76. The number of nitrogens with one attached hydrogen (secondary N) is 3. The van der Waals surface area contributed by atoms with Crippen LogP contribution in [0, 0.1) is 5.92 Å². The smallest absolute Gasteiger partial charge is 0.275 e. The van der Waals surface area contributed by atoms with E-state index in [4.69, 9.17) is 0 Å². The van der Waals surface area contributed by atoms with Gasteiger partial charge >= 0.3 is 0 Å². The van der Waals surface area contributed by atoms with Crippen LogP contribution in [0.15, 0.2) is 24.3 Å². The highest BCUT2D eigenvalue weighted by Gasteiger charge is 2.25. The lowest BCUT2D eigenvalue weighted by molar-refractivity contribution is -0.862. The summed E-state index contributed by atoms with van der Waals surface area (Å²) in [4.78, 5) is 25.2. The van der Waals surface area contributed by atoms with E-state index in [1.165, 1.54) is 5.56 Å². The number of hydrogen-bond acceptors (Lipinski definition) is 2. The molecular formula is C21H34N3O2+. The monoisotopic (exact) mass is 360 g/mol. The van der Waals surface area contributed by atoms with Crippen LogP contribution < -0.4 is 15.5 Å². The second-order valence-corrected chi connectivity index (χ2v) is 8.26. The zero-order valence-corrected chi connectivity index (χ0v) is 16.8. The van der Waals surface area contributed by atoms with Crippen molar-refractivity contribution >= 4 is 11.8 Å². The van der Waals surface area contributed by atoms with Gasteiger partial charge in [0.1, 0.15) is 0 Å². The quantitative estimate of drug-likeness (QED) is 0.624. The highest BCUT2D eigenvalue weighted by Crippen LogP contribution is 2.24. The van der Waals surface area contributed by atoms with Crippen molar-refractivity contribution in [3.05, 3.63) is 35.4 Å². The predicted molar refractivity (Wildman–Crippen MR) is 104 cm³/mol. The van der Waals surface area contributed by atoms with Gasteiger partial charge in [-0.25, -0.2) is 0 Å². The molecule has 0 saturated heterocycles. The molecule has 0 heterocycles. The number of carbonyl (C=O) groups excluding carboxylic acids is 2. The van der Waals surface area contributed by atoms with Gasteiger partial charge in [0.05, 0.1) is 13.1 Å². The number of hydrogen-bond donors (Lipinski definition) is 3. The van der Waals surface area contributed by atoms with E-state index in [0.717, 1.165) is 23.3 Å². The van der Waals surface area contributed by atoms with Crippen LogP contribution in [-0.2, 0) is 9.59 Å². The molecule has 0 radical (unpaired) electrons. The molecule has 1 aromatic rings. The van der Waals surface area contributed by atoms with Gasteiger partial charge in [0.25, 0.3) is 11.8 Å². The Morgan fingerprint density at radius 1 is 1.00 bits per heavy atom. The van der Waals surface area contributed by atoms with Gasteiger partial charge in [-0.3, -0.25) is 9.59 Å². The van der Waals surface area contributed by atoms with Crippen LogP contribution in [0.3, 0.4) is 0 Å². The summed E-state index contributed by atoms with van der Waals surface area (Å²) in [7, 11) is 1.88. The molecule has 144 valence electrons. The molecule has 0 spiro atoms. The van der Waals surface area contributed by atoms with Crippen molar-refractivity contribution in [2.75, 3.05) is 20.1 Å². The van der Waals surface area contributed by atoms with Crippen molar-refractivity contribution in [1.82, 2.24) is 10.6 Å². The molecule has 26 heavy (non-hydrogen) atoms. The SMILES string of the molecule is CC(C)c1ccc([C@@H](NC(=O)C[NH+](C)CC(=O)NC2CC2)C(C)C)cc1. The van der Waals surface area contributed by atoms with E-state index in [0.29, 0.717) is 31.0 Å². The van der Waals surface area contributed by atoms with Gasteiger partial charge in [-0.2, -0.15) is 0 Å². The third kappa shape index (κ3) is 6.45. The number of benzene rings is 1. The van der Waals surface area contributed by atoms with Gasteiger partial charge in [0.15, 0.2) is 13.1 Å². The molecule has 2 atom stereocenters. The highest BCUT2D eigenvalue weighted by molar-refractivity contribution is 5.79. The van der Waals surface area contributed by atoms with Crippen LogP contribution in [0.4, 0.5) is 0 Å². The van der Waals surface area contributed by atoms with Gasteiger partial charge in [-0.05, 0) is 35.8 Å². The number of amides is 2. The van der Waals surface area contributed by atoms with E-state index in [2.05, 4.69) is 62.6 Å². The van der Waals surface area contributed by atoms with Gasteiger partial charge < -0.3 is 15.5 Å². The van der Waals surface area contributed by atoms with Gasteiger partial charge in [-0.1, -0.05) is 52.0 Å². The van der Waals surface area contributed by atoms with Crippen LogP contribution in [-0.4, -0.2) is 38.0 Å². The summed E-state index contributed by atoms with van der Waals surface area (Å²) < 4.78 is 0. The molecule has 2 rings (SSSR count). The average molecular weight is 361 g/mol. The Balaban J connectivity index is 1.89. The second kappa shape index (κ2) is 9.17. The first-order chi connectivity index (χ1) is 12.3. The summed E-state index contributed by atoms with van der Waals surface area (Å²) in [5.41, 5.74) is 2.43. The van der Waals surface area contributed by atoms with Crippen LogP contribution in [0.1, 0.15) is 63.6 Å². The Morgan fingerprint density at radius 2 is 1.54 bits per heavy atom. The number of carbonyl (C=O) groups is 2. The largest absolute Gasteiger partial charge is 0.348 e. The van der Waals surface area contributed by atoms with E-state index in [9.17, 15) is 9.59 Å². The minimum atomic E-state index is -0.0200. The molecule has 5 nitrogen and oxygen atoms in total. The normalized spacial score (nSPS) is 16.4. The van der Waals surface area contributed by atoms with Crippen molar-refractivity contribution in [1.29, 1.82) is 0 Å². The number of rotatable bonds is 9. The summed E-state index contributed by atoms with van der Waals surface area (Å²) in [6.07, 6.45) is 2.16. The molecule has 1 aliphatic carbocycles. The fraction of sp³-hybridized carbons (Fsp3) is 0.619. The topological polar surface area (TPSA) is 62.6 Å². The average Bonchev–Trinajstić information content (AvgIpc) is 3.35. The van der Waals surface area contributed by atoms with Crippen molar-refractivity contribution in [2.24, 2.45) is 5.92 Å². The molecule has 1 saturated carbocycles. The molecule has 3 N–H and O–H groups in total. The third-order valence-electron chi connectivity index (χ3n) is 4.81. The maximum atomic E-state index is 12.5.